The summed E-state index contributed by atoms with van der Waals surface area (Å²) >= 11 is 0. The number of benzene rings is 1. The van der Waals surface area contributed by atoms with E-state index in [1.54, 1.807) is 18.5 Å². The number of fused-ring (bicyclic) bond motifs is 1. The van der Waals surface area contributed by atoms with E-state index in [1.165, 1.54) is 13.2 Å². The third-order valence-electron chi connectivity index (χ3n) is 3.99. The standard InChI is InChI=1S/C17H19N3O3/c1-3-4-16-18-8-10(9-19-16)11-6-17(22)20-13-7-14(21)15(23-2)5-12(11)13/h5,7-9,11,21H,3-4,6H2,1-2H3,(H,20,22)/t11-/m0/s1. The maximum absolute atomic E-state index is 12.0. The number of hydrogen-bond acceptors (Lipinski definition) is 5. The van der Waals surface area contributed by atoms with Crippen LogP contribution >= 0.6 is 0 Å². The lowest BCUT2D eigenvalue weighted by Crippen LogP contribution is -2.23. The summed E-state index contributed by atoms with van der Waals surface area (Å²) in [5.41, 5.74) is 2.38. The van der Waals surface area contributed by atoms with Crippen LogP contribution in [0.3, 0.4) is 0 Å². The van der Waals surface area contributed by atoms with Gasteiger partial charge in [-0.2, -0.15) is 0 Å². The van der Waals surface area contributed by atoms with Gasteiger partial charge in [-0.1, -0.05) is 6.92 Å². The number of ether oxygens (including phenoxy) is 1. The molecule has 120 valence electrons. The monoisotopic (exact) mass is 313 g/mol. The molecular formula is C17H19N3O3. The Morgan fingerprint density at radius 3 is 2.74 bits per heavy atom. The number of hydrogen-bond donors (Lipinski definition) is 2. The number of carbonyl (C=O) groups excluding carboxylic acids is 1. The minimum absolute atomic E-state index is 0.00161. The quantitative estimate of drug-likeness (QED) is 0.906. The number of amides is 1. The van der Waals surface area contributed by atoms with Gasteiger partial charge in [-0.15, -0.1) is 0 Å². The van der Waals surface area contributed by atoms with E-state index in [9.17, 15) is 9.90 Å². The van der Waals surface area contributed by atoms with Crippen molar-refractivity contribution in [2.24, 2.45) is 0 Å². The average Bonchev–Trinajstić information content (AvgIpc) is 2.54. The third-order valence-corrected chi connectivity index (χ3v) is 3.99. The van der Waals surface area contributed by atoms with E-state index in [-0.39, 0.29) is 17.6 Å². The summed E-state index contributed by atoms with van der Waals surface area (Å²) in [7, 11) is 1.50. The maximum Gasteiger partial charge on any atom is 0.225 e. The van der Waals surface area contributed by atoms with Crippen LogP contribution in [0.5, 0.6) is 11.5 Å². The van der Waals surface area contributed by atoms with Crippen LogP contribution in [0, 0.1) is 0 Å². The fourth-order valence-electron chi connectivity index (χ4n) is 2.84. The molecule has 6 heteroatoms. The topological polar surface area (TPSA) is 84.3 Å². The van der Waals surface area contributed by atoms with Crippen LogP contribution in [0.2, 0.25) is 0 Å². The van der Waals surface area contributed by atoms with Gasteiger partial charge >= 0.3 is 0 Å². The maximum atomic E-state index is 12.0. The Hall–Kier alpha value is -2.63. The molecular weight excluding hydrogens is 294 g/mol. The molecule has 0 unspecified atom stereocenters. The van der Waals surface area contributed by atoms with E-state index < -0.39 is 0 Å². The predicted octanol–water partition coefficient (Wildman–Crippen LogP) is 2.62. The van der Waals surface area contributed by atoms with Crippen molar-refractivity contribution in [3.05, 3.63) is 41.5 Å². The minimum atomic E-state index is -0.149. The zero-order chi connectivity index (χ0) is 16.4. The minimum Gasteiger partial charge on any atom is -0.504 e. The first-order valence-electron chi connectivity index (χ1n) is 7.64. The summed E-state index contributed by atoms with van der Waals surface area (Å²) in [5.74, 6) is 0.948. The van der Waals surface area contributed by atoms with Crippen molar-refractivity contribution in [3.63, 3.8) is 0 Å². The number of rotatable bonds is 4. The number of methoxy groups -OCH3 is 1. The third kappa shape index (κ3) is 2.97. The van der Waals surface area contributed by atoms with Crippen molar-refractivity contribution < 1.29 is 14.6 Å². The smallest absolute Gasteiger partial charge is 0.225 e. The normalized spacial score (nSPS) is 16.6. The molecule has 2 heterocycles. The second-order valence-corrected chi connectivity index (χ2v) is 5.60. The molecule has 1 atom stereocenters. The predicted molar refractivity (Wildman–Crippen MR) is 85.8 cm³/mol. The highest BCUT2D eigenvalue weighted by molar-refractivity contribution is 5.95. The molecule has 1 amide bonds. The molecule has 2 aromatic rings. The van der Waals surface area contributed by atoms with Gasteiger partial charge in [0.1, 0.15) is 5.82 Å². The van der Waals surface area contributed by atoms with Crippen LogP contribution < -0.4 is 10.1 Å². The molecule has 6 nitrogen and oxygen atoms in total. The van der Waals surface area contributed by atoms with Gasteiger partial charge in [0, 0.05) is 42.9 Å². The summed E-state index contributed by atoms with van der Waals surface area (Å²) in [5, 5.41) is 12.7. The van der Waals surface area contributed by atoms with Crippen LogP contribution in [-0.2, 0) is 11.2 Å². The van der Waals surface area contributed by atoms with Crippen molar-refractivity contribution in [1.29, 1.82) is 0 Å². The number of nitrogens with zero attached hydrogens (tertiary/aromatic N) is 2. The van der Waals surface area contributed by atoms with Gasteiger partial charge in [-0.25, -0.2) is 9.97 Å². The first-order valence-corrected chi connectivity index (χ1v) is 7.64. The molecule has 0 aliphatic carbocycles. The van der Waals surface area contributed by atoms with Gasteiger partial charge in [-0.05, 0) is 23.6 Å². The van der Waals surface area contributed by atoms with Crippen molar-refractivity contribution in [3.8, 4) is 11.5 Å². The zero-order valence-electron chi connectivity index (χ0n) is 13.2. The SMILES string of the molecule is CCCc1ncc([C@@H]2CC(=O)Nc3cc(O)c(OC)cc32)cn1. The Morgan fingerprint density at radius 1 is 1.35 bits per heavy atom. The molecule has 3 rings (SSSR count). The van der Waals surface area contributed by atoms with Crippen molar-refractivity contribution >= 4 is 11.6 Å². The lowest BCUT2D eigenvalue weighted by Gasteiger charge is -2.26. The molecule has 0 radical (unpaired) electrons. The number of aromatic hydroxyl groups is 1. The number of phenolic OH excluding ortho intramolecular Hbond substituents is 1. The fourth-order valence-corrected chi connectivity index (χ4v) is 2.84. The molecule has 23 heavy (non-hydrogen) atoms. The van der Waals surface area contributed by atoms with Crippen molar-refractivity contribution in [2.75, 3.05) is 12.4 Å². The largest absolute Gasteiger partial charge is 0.504 e. The first-order chi connectivity index (χ1) is 11.1. The van der Waals surface area contributed by atoms with Crippen molar-refractivity contribution in [1.82, 2.24) is 9.97 Å². The lowest BCUT2D eigenvalue weighted by atomic mass is 9.86. The molecule has 0 fully saturated rings. The van der Waals surface area contributed by atoms with E-state index in [2.05, 4.69) is 22.2 Å². The highest BCUT2D eigenvalue weighted by atomic mass is 16.5. The van der Waals surface area contributed by atoms with Gasteiger partial charge < -0.3 is 15.2 Å². The van der Waals surface area contributed by atoms with Gasteiger partial charge in [0.25, 0.3) is 0 Å². The summed E-state index contributed by atoms with van der Waals surface area (Å²) in [6.07, 6.45) is 5.71. The van der Waals surface area contributed by atoms with E-state index in [0.29, 0.717) is 17.9 Å². The molecule has 0 saturated heterocycles. The fraction of sp³-hybridized carbons (Fsp3) is 0.353. The van der Waals surface area contributed by atoms with E-state index in [4.69, 9.17) is 4.74 Å². The number of nitrogens with one attached hydrogen (secondary N) is 1. The molecule has 1 aromatic carbocycles. The van der Waals surface area contributed by atoms with E-state index in [0.717, 1.165) is 29.8 Å². The Balaban J connectivity index is 2.02. The highest BCUT2D eigenvalue weighted by Gasteiger charge is 2.28. The molecule has 0 bridgehead atoms. The highest BCUT2D eigenvalue weighted by Crippen LogP contribution is 2.42. The van der Waals surface area contributed by atoms with Gasteiger partial charge in [-0.3, -0.25) is 4.79 Å². The Bertz CT molecular complexity index is 729. The van der Waals surface area contributed by atoms with Crippen molar-refractivity contribution in [2.45, 2.75) is 32.1 Å². The number of carbonyl (C=O) groups is 1. The number of anilines is 1. The average molecular weight is 313 g/mol. The number of phenols is 1. The van der Waals surface area contributed by atoms with Gasteiger partial charge in [0.2, 0.25) is 5.91 Å². The second kappa shape index (κ2) is 6.24. The van der Waals surface area contributed by atoms with E-state index >= 15 is 0 Å². The van der Waals surface area contributed by atoms with Gasteiger partial charge in [0.05, 0.1) is 7.11 Å². The molecule has 0 spiro atoms. The van der Waals surface area contributed by atoms with Crippen LogP contribution in [0.4, 0.5) is 5.69 Å². The molecule has 2 N–H and O–H groups in total. The molecule has 1 aromatic heterocycles. The van der Waals surface area contributed by atoms with Crippen LogP contribution in [0.1, 0.15) is 42.6 Å². The van der Waals surface area contributed by atoms with Crippen LogP contribution in [0.25, 0.3) is 0 Å². The number of aromatic nitrogens is 2. The first kappa shape index (κ1) is 15.3. The van der Waals surface area contributed by atoms with E-state index in [1.807, 2.05) is 0 Å². The van der Waals surface area contributed by atoms with Crippen LogP contribution in [-0.4, -0.2) is 28.1 Å². The zero-order valence-corrected chi connectivity index (χ0v) is 13.2. The molecule has 1 aliphatic rings. The Kier molecular flexibility index (Phi) is 4.14. The molecule has 0 saturated carbocycles. The number of aryl methyl sites for hydroxylation is 1. The summed E-state index contributed by atoms with van der Waals surface area (Å²) in [6.45, 7) is 2.08. The molecule has 1 aliphatic heterocycles. The summed E-state index contributed by atoms with van der Waals surface area (Å²) in [4.78, 5) is 20.7. The summed E-state index contributed by atoms with van der Waals surface area (Å²) < 4.78 is 5.18. The summed E-state index contributed by atoms with van der Waals surface area (Å²) in [6, 6.07) is 3.28. The Morgan fingerprint density at radius 2 is 2.09 bits per heavy atom. The van der Waals surface area contributed by atoms with Crippen LogP contribution in [0.15, 0.2) is 24.5 Å². The second-order valence-electron chi connectivity index (χ2n) is 5.60. The lowest BCUT2D eigenvalue weighted by molar-refractivity contribution is -0.116. The Labute approximate surface area is 134 Å². The van der Waals surface area contributed by atoms with Gasteiger partial charge in [0.15, 0.2) is 11.5 Å².